The Hall–Kier alpha value is -1.74. The molecule has 3 heteroatoms. The first-order chi connectivity index (χ1) is 6.90. The summed E-state index contributed by atoms with van der Waals surface area (Å²) in [4.78, 5) is 8.29. The predicted molar refractivity (Wildman–Crippen MR) is 54.3 cm³/mol. The maximum atomic E-state index is 7.19. The van der Waals surface area contributed by atoms with Crippen LogP contribution in [0.25, 0.3) is 11.4 Å². The summed E-state index contributed by atoms with van der Waals surface area (Å²) in [7, 11) is 0. The average Bonchev–Trinajstić information content (AvgIpc) is 2.30. The molecule has 0 aliphatic heterocycles. The molecule has 2 rings (SSSR count). The van der Waals surface area contributed by atoms with Gasteiger partial charge in [-0.1, -0.05) is 24.3 Å². The third kappa shape index (κ3) is 1.78. The van der Waals surface area contributed by atoms with Gasteiger partial charge in [0.25, 0.3) is 0 Å². The highest BCUT2D eigenvalue weighted by molar-refractivity contribution is 5.54. The molecule has 0 spiro atoms. The lowest BCUT2D eigenvalue weighted by Crippen LogP contribution is -1.88. The molecule has 1 radical (unpaired) electrons. The van der Waals surface area contributed by atoms with Crippen molar-refractivity contribution in [2.75, 3.05) is 0 Å². The van der Waals surface area contributed by atoms with Gasteiger partial charge >= 0.3 is 0 Å². The van der Waals surface area contributed by atoms with Crippen molar-refractivity contribution in [3.63, 3.8) is 0 Å². The maximum Gasteiger partial charge on any atom is 0.159 e. The zero-order valence-corrected chi connectivity index (χ0v) is 7.64. The van der Waals surface area contributed by atoms with Crippen molar-refractivity contribution in [2.24, 2.45) is 0 Å². The molecule has 0 amide bonds. The molecule has 0 unspecified atom stereocenters. The number of benzene rings is 1. The molecule has 1 N–H and O–H groups in total. The second-order valence-electron chi connectivity index (χ2n) is 2.95. The van der Waals surface area contributed by atoms with Gasteiger partial charge in [0.1, 0.15) is 0 Å². The van der Waals surface area contributed by atoms with E-state index in [1.165, 1.54) is 0 Å². The first-order valence-electron chi connectivity index (χ1n) is 4.41. The van der Waals surface area contributed by atoms with Crippen molar-refractivity contribution in [2.45, 2.75) is 6.54 Å². The Labute approximate surface area is 82.6 Å². The second kappa shape index (κ2) is 3.98. The number of nitrogens with one attached hydrogen (secondary N) is 1. The van der Waals surface area contributed by atoms with Crippen LogP contribution < -0.4 is 5.73 Å². The molecule has 2 aromatic rings. The van der Waals surface area contributed by atoms with Crippen LogP contribution in [0.15, 0.2) is 42.7 Å². The first-order valence-corrected chi connectivity index (χ1v) is 4.41. The fraction of sp³-hybridized carbons (Fsp3) is 0.0909. The highest BCUT2D eigenvalue weighted by Gasteiger charge is 1.98. The van der Waals surface area contributed by atoms with Crippen LogP contribution in [-0.4, -0.2) is 9.97 Å². The minimum atomic E-state index is 0.315. The van der Waals surface area contributed by atoms with E-state index in [2.05, 4.69) is 9.97 Å². The first kappa shape index (κ1) is 8.84. The Kier molecular flexibility index (Phi) is 2.51. The standard InChI is InChI=1S/C11H10N3/c12-8-9-2-4-10(5-3-9)11-13-6-1-7-14-11/h1-7,12H,8H2. The smallest absolute Gasteiger partial charge is 0.159 e. The largest absolute Gasteiger partial charge is 0.253 e. The number of rotatable bonds is 2. The Morgan fingerprint density at radius 2 is 1.64 bits per heavy atom. The van der Waals surface area contributed by atoms with Crippen LogP contribution in [0.2, 0.25) is 0 Å². The lowest BCUT2D eigenvalue weighted by atomic mass is 10.1. The second-order valence-corrected chi connectivity index (χ2v) is 2.95. The molecule has 14 heavy (non-hydrogen) atoms. The molecule has 69 valence electrons. The van der Waals surface area contributed by atoms with Gasteiger partial charge in [0, 0.05) is 24.5 Å². The summed E-state index contributed by atoms with van der Waals surface area (Å²) in [6, 6.07) is 9.54. The summed E-state index contributed by atoms with van der Waals surface area (Å²) < 4.78 is 0. The fourth-order valence-electron chi connectivity index (χ4n) is 1.22. The van der Waals surface area contributed by atoms with Crippen LogP contribution in [0.4, 0.5) is 0 Å². The topological polar surface area (TPSA) is 49.6 Å². The molecule has 0 fully saturated rings. The number of aromatic nitrogens is 2. The maximum absolute atomic E-state index is 7.19. The summed E-state index contributed by atoms with van der Waals surface area (Å²) in [5.41, 5.74) is 9.18. The molecule has 0 aliphatic rings. The molecular formula is C11H10N3. The van der Waals surface area contributed by atoms with E-state index in [1.54, 1.807) is 18.5 Å². The quantitative estimate of drug-likeness (QED) is 0.716. The van der Waals surface area contributed by atoms with Gasteiger partial charge in [0.2, 0.25) is 0 Å². The van der Waals surface area contributed by atoms with Crippen molar-refractivity contribution in [3.05, 3.63) is 48.3 Å². The van der Waals surface area contributed by atoms with E-state index in [-0.39, 0.29) is 0 Å². The van der Waals surface area contributed by atoms with E-state index in [1.807, 2.05) is 24.3 Å². The van der Waals surface area contributed by atoms with Gasteiger partial charge in [-0.3, -0.25) is 5.73 Å². The molecule has 0 saturated heterocycles. The third-order valence-electron chi connectivity index (χ3n) is 1.98. The molecule has 0 saturated carbocycles. The van der Waals surface area contributed by atoms with Gasteiger partial charge in [-0.2, -0.15) is 0 Å². The van der Waals surface area contributed by atoms with Crippen LogP contribution in [-0.2, 0) is 6.54 Å². The summed E-state index contributed by atoms with van der Waals surface area (Å²) in [6.45, 7) is 0.315. The third-order valence-corrected chi connectivity index (χ3v) is 1.98. The van der Waals surface area contributed by atoms with Crippen LogP contribution in [0.3, 0.4) is 0 Å². The van der Waals surface area contributed by atoms with Crippen molar-refractivity contribution in [1.82, 2.24) is 15.7 Å². The molecule has 1 heterocycles. The molecule has 1 aromatic heterocycles. The number of hydrogen-bond acceptors (Lipinski definition) is 2. The van der Waals surface area contributed by atoms with Crippen LogP contribution >= 0.6 is 0 Å². The van der Waals surface area contributed by atoms with Gasteiger partial charge in [-0.15, -0.1) is 0 Å². The minimum Gasteiger partial charge on any atom is -0.253 e. The van der Waals surface area contributed by atoms with Crippen LogP contribution in [0.5, 0.6) is 0 Å². The van der Waals surface area contributed by atoms with Gasteiger partial charge in [-0.25, -0.2) is 9.97 Å². The fourth-order valence-corrected chi connectivity index (χ4v) is 1.22. The lowest BCUT2D eigenvalue weighted by molar-refractivity contribution is 1.03. The average molecular weight is 184 g/mol. The van der Waals surface area contributed by atoms with Crippen LogP contribution in [0, 0.1) is 0 Å². The van der Waals surface area contributed by atoms with Gasteiger partial charge in [-0.05, 0) is 11.6 Å². The lowest BCUT2D eigenvalue weighted by Gasteiger charge is -2.00. The van der Waals surface area contributed by atoms with E-state index in [9.17, 15) is 0 Å². The van der Waals surface area contributed by atoms with Gasteiger partial charge < -0.3 is 0 Å². The van der Waals surface area contributed by atoms with E-state index >= 15 is 0 Å². The normalized spacial score (nSPS) is 10.1. The zero-order valence-electron chi connectivity index (χ0n) is 7.64. The molecular weight excluding hydrogens is 174 g/mol. The summed E-state index contributed by atoms with van der Waals surface area (Å²) >= 11 is 0. The zero-order chi connectivity index (χ0) is 9.80. The predicted octanol–water partition coefficient (Wildman–Crippen LogP) is 1.93. The Bertz CT molecular complexity index is 395. The molecule has 3 nitrogen and oxygen atoms in total. The number of hydrogen-bond donors (Lipinski definition) is 0. The summed E-state index contributed by atoms with van der Waals surface area (Å²) in [6.07, 6.45) is 3.45. The highest BCUT2D eigenvalue weighted by Crippen LogP contribution is 2.14. The monoisotopic (exact) mass is 184 g/mol. The van der Waals surface area contributed by atoms with Crippen molar-refractivity contribution in [1.29, 1.82) is 0 Å². The summed E-state index contributed by atoms with van der Waals surface area (Å²) in [5.74, 6) is 0.726. The number of nitrogens with zero attached hydrogens (tertiary/aromatic N) is 2. The van der Waals surface area contributed by atoms with Gasteiger partial charge in [0.15, 0.2) is 5.82 Å². The van der Waals surface area contributed by atoms with Crippen molar-refractivity contribution in [3.8, 4) is 11.4 Å². The minimum absolute atomic E-state index is 0.315. The van der Waals surface area contributed by atoms with Crippen LogP contribution in [0.1, 0.15) is 5.56 Å². The SMILES string of the molecule is [NH]Cc1ccc(-c2ncccn2)cc1. The van der Waals surface area contributed by atoms with E-state index < -0.39 is 0 Å². The van der Waals surface area contributed by atoms with E-state index in [4.69, 9.17) is 5.73 Å². The Morgan fingerprint density at radius 1 is 1.00 bits per heavy atom. The molecule has 0 bridgehead atoms. The van der Waals surface area contributed by atoms with Gasteiger partial charge in [0.05, 0.1) is 0 Å². The molecule has 0 atom stereocenters. The van der Waals surface area contributed by atoms with E-state index in [0.717, 1.165) is 17.0 Å². The van der Waals surface area contributed by atoms with Crippen molar-refractivity contribution < 1.29 is 0 Å². The molecule has 0 aliphatic carbocycles. The van der Waals surface area contributed by atoms with Crippen molar-refractivity contribution >= 4 is 0 Å². The Morgan fingerprint density at radius 3 is 2.21 bits per heavy atom. The Balaban J connectivity index is 2.34. The molecule has 1 aromatic carbocycles. The highest BCUT2D eigenvalue weighted by atomic mass is 14.8. The summed E-state index contributed by atoms with van der Waals surface area (Å²) in [5, 5.41) is 0. The van der Waals surface area contributed by atoms with E-state index in [0.29, 0.717) is 6.54 Å².